The van der Waals surface area contributed by atoms with Crippen molar-refractivity contribution in [3.63, 3.8) is 0 Å². The fraction of sp³-hybridized carbons (Fsp3) is 0.517. The van der Waals surface area contributed by atoms with Gasteiger partial charge in [-0.15, -0.1) is 0 Å². The van der Waals surface area contributed by atoms with E-state index < -0.39 is 28.1 Å². The first-order chi connectivity index (χ1) is 19.0. The van der Waals surface area contributed by atoms with Gasteiger partial charge in [-0.2, -0.15) is 13.2 Å². The number of benzene rings is 2. The highest BCUT2D eigenvalue weighted by molar-refractivity contribution is 7.92. The Hall–Kier alpha value is -3.28. The number of alkyl halides is 3. The molecule has 3 N–H and O–H groups in total. The minimum atomic E-state index is -5.08. The molecule has 3 rings (SSSR count). The number of anilines is 2. The fourth-order valence-electron chi connectivity index (χ4n) is 4.77. The van der Waals surface area contributed by atoms with Crippen molar-refractivity contribution in [2.75, 3.05) is 22.7 Å². The molecule has 1 aliphatic carbocycles. The molecule has 0 aromatic heterocycles. The van der Waals surface area contributed by atoms with Crippen LogP contribution >= 0.6 is 0 Å². The molecule has 0 atom stereocenters. The van der Waals surface area contributed by atoms with Crippen LogP contribution in [0, 0.1) is 11.8 Å². The lowest BCUT2D eigenvalue weighted by Crippen LogP contribution is -2.32. The highest BCUT2D eigenvalue weighted by Gasteiger charge is 2.38. The van der Waals surface area contributed by atoms with E-state index in [1.807, 2.05) is 12.1 Å². The number of aliphatic carboxylic acids is 1. The Morgan fingerprint density at radius 1 is 0.927 bits per heavy atom. The summed E-state index contributed by atoms with van der Waals surface area (Å²) in [7, 11) is -3.83. The van der Waals surface area contributed by atoms with Crippen molar-refractivity contribution in [1.29, 1.82) is 0 Å². The third-order valence-corrected chi connectivity index (χ3v) is 7.90. The Morgan fingerprint density at radius 3 is 1.88 bits per heavy atom. The zero-order valence-electron chi connectivity index (χ0n) is 23.7. The third-order valence-electron chi connectivity index (χ3n) is 6.50. The van der Waals surface area contributed by atoms with Gasteiger partial charge in [0.25, 0.3) is 10.0 Å². The minimum absolute atomic E-state index is 0.0918. The highest BCUT2D eigenvalue weighted by Crippen LogP contribution is 2.33. The maximum Gasteiger partial charge on any atom is 0.490 e. The van der Waals surface area contributed by atoms with Crippen molar-refractivity contribution in [2.45, 2.75) is 76.8 Å². The number of sulfonamides is 1. The van der Waals surface area contributed by atoms with E-state index in [4.69, 9.17) is 9.90 Å². The summed E-state index contributed by atoms with van der Waals surface area (Å²) in [5.74, 6) is -2.62. The second-order valence-corrected chi connectivity index (χ2v) is 12.7. The fourth-order valence-corrected chi connectivity index (χ4v) is 5.82. The van der Waals surface area contributed by atoms with Gasteiger partial charge in [0.15, 0.2) is 0 Å². The molecule has 0 unspecified atom stereocenters. The van der Waals surface area contributed by atoms with Gasteiger partial charge >= 0.3 is 18.1 Å². The zero-order valence-corrected chi connectivity index (χ0v) is 24.6. The maximum atomic E-state index is 13.0. The lowest BCUT2D eigenvalue weighted by Gasteiger charge is -2.30. The molecule has 228 valence electrons. The number of carboxylic acids is 2. The summed E-state index contributed by atoms with van der Waals surface area (Å²) < 4.78 is 60.3. The van der Waals surface area contributed by atoms with Crippen LogP contribution in [0.15, 0.2) is 47.4 Å². The van der Waals surface area contributed by atoms with E-state index in [-0.39, 0.29) is 16.1 Å². The molecule has 2 aromatic carbocycles. The van der Waals surface area contributed by atoms with Crippen LogP contribution in [-0.2, 0) is 14.8 Å². The van der Waals surface area contributed by atoms with Crippen LogP contribution in [0.4, 0.5) is 24.5 Å². The standard InChI is InChI=1S/C27H38N2O4S.C2HF3O2/c1-19(2)17-29(18-20(3)4)26-15-12-23(16-25(26)27(30)31)28-34(32,33)24-13-10-22(11-14-24)21-8-6-5-7-9-21;3-2(4,5)1(6)7/h10-16,19-21,28H,5-9,17-18H2,1-4H3,(H,30,31);(H,6,7). The van der Waals surface area contributed by atoms with E-state index in [2.05, 4.69) is 37.3 Å². The normalized spacial score (nSPS) is 14.4. The quantitative estimate of drug-likeness (QED) is 0.269. The van der Waals surface area contributed by atoms with Crippen LogP contribution in [0.2, 0.25) is 0 Å². The lowest BCUT2D eigenvalue weighted by atomic mass is 9.84. The van der Waals surface area contributed by atoms with Crippen LogP contribution in [0.3, 0.4) is 0 Å². The number of hydrogen-bond donors (Lipinski definition) is 3. The molecule has 1 fully saturated rings. The highest BCUT2D eigenvalue weighted by atomic mass is 32.2. The number of hydrogen-bond acceptors (Lipinski definition) is 5. The van der Waals surface area contributed by atoms with Gasteiger partial charge in [0.1, 0.15) is 0 Å². The van der Waals surface area contributed by atoms with E-state index in [0.29, 0.717) is 23.4 Å². The zero-order chi connectivity index (χ0) is 31.0. The summed E-state index contributed by atoms with van der Waals surface area (Å²) in [6, 6.07) is 11.9. The molecule has 0 spiro atoms. The first-order valence-corrected chi connectivity index (χ1v) is 15.0. The average Bonchev–Trinajstić information content (AvgIpc) is 2.88. The molecular formula is C29H39F3N2O6S. The molecule has 0 saturated heterocycles. The Morgan fingerprint density at radius 2 is 1.44 bits per heavy atom. The van der Waals surface area contributed by atoms with E-state index in [1.54, 1.807) is 24.3 Å². The van der Waals surface area contributed by atoms with Gasteiger partial charge in [0, 0.05) is 18.8 Å². The number of nitrogens with zero attached hydrogens (tertiary/aromatic N) is 1. The Kier molecular flexibility index (Phi) is 12.0. The molecule has 0 radical (unpaired) electrons. The van der Waals surface area contributed by atoms with Crippen molar-refractivity contribution in [1.82, 2.24) is 0 Å². The summed E-state index contributed by atoms with van der Waals surface area (Å²) >= 11 is 0. The van der Waals surface area contributed by atoms with Gasteiger partial charge in [0.2, 0.25) is 0 Å². The first kappa shape index (κ1) is 33.9. The lowest BCUT2D eigenvalue weighted by molar-refractivity contribution is -0.192. The second kappa shape index (κ2) is 14.6. The SMILES string of the molecule is CC(C)CN(CC(C)C)c1ccc(NS(=O)(=O)c2ccc(C3CCCCC3)cc2)cc1C(=O)O.O=C(O)C(F)(F)F. The van der Waals surface area contributed by atoms with Gasteiger partial charge < -0.3 is 15.1 Å². The molecule has 0 aliphatic heterocycles. The molecule has 0 bridgehead atoms. The van der Waals surface area contributed by atoms with Gasteiger partial charge in [-0.05, 0) is 66.5 Å². The maximum absolute atomic E-state index is 13.0. The molecule has 1 saturated carbocycles. The average molecular weight is 601 g/mol. The summed E-state index contributed by atoms with van der Waals surface area (Å²) in [5.41, 5.74) is 2.13. The number of nitrogens with one attached hydrogen (secondary N) is 1. The monoisotopic (exact) mass is 600 g/mol. The molecule has 1 aliphatic rings. The Balaban J connectivity index is 0.000000745. The molecule has 0 heterocycles. The second-order valence-electron chi connectivity index (χ2n) is 11.0. The van der Waals surface area contributed by atoms with Crippen molar-refractivity contribution in [3.8, 4) is 0 Å². The summed E-state index contributed by atoms with van der Waals surface area (Å²) in [6.45, 7) is 9.81. The van der Waals surface area contributed by atoms with Gasteiger partial charge in [-0.1, -0.05) is 59.1 Å². The number of aromatic carboxylic acids is 1. The summed E-state index contributed by atoms with van der Waals surface area (Å²) in [5, 5.41) is 17.0. The van der Waals surface area contributed by atoms with Gasteiger partial charge in [-0.3, -0.25) is 4.72 Å². The molecule has 12 heteroatoms. The van der Waals surface area contributed by atoms with Crippen molar-refractivity contribution >= 4 is 33.3 Å². The predicted octanol–water partition coefficient (Wildman–Crippen LogP) is 6.99. The molecule has 0 amide bonds. The molecular weight excluding hydrogens is 561 g/mol. The minimum Gasteiger partial charge on any atom is -0.478 e. The van der Waals surface area contributed by atoms with E-state index >= 15 is 0 Å². The van der Waals surface area contributed by atoms with E-state index in [0.717, 1.165) is 25.9 Å². The smallest absolute Gasteiger partial charge is 0.478 e. The van der Waals surface area contributed by atoms with Crippen molar-refractivity contribution < 1.29 is 41.4 Å². The topological polar surface area (TPSA) is 124 Å². The molecule has 41 heavy (non-hydrogen) atoms. The van der Waals surface area contributed by atoms with Gasteiger partial charge in [-0.25, -0.2) is 18.0 Å². The van der Waals surface area contributed by atoms with E-state index in [1.165, 1.54) is 30.9 Å². The summed E-state index contributed by atoms with van der Waals surface area (Å²) in [4.78, 5) is 23.2. The predicted molar refractivity (Wildman–Crippen MR) is 152 cm³/mol. The van der Waals surface area contributed by atoms with Crippen LogP contribution in [-0.4, -0.2) is 49.8 Å². The Bertz CT molecular complexity index is 1260. The van der Waals surface area contributed by atoms with Crippen molar-refractivity contribution in [3.05, 3.63) is 53.6 Å². The summed E-state index contributed by atoms with van der Waals surface area (Å²) in [6.07, 6.45) is 0.940. The van der Waals surface area contributed by atoms with E-state index in [9.17, 15) is 31.5 Å². The largest absolute Gasteiger partial charge is 0.490 e. The molecule has 8 nitrogen and oxygen atoms in total. The van der Waals surface area contributed by atoms with Crippen LogP contribution in [0.1, 0.15) is 81.6 Å². The van der Waals surface area contributed by atoms with Crippen LogP contribution < -0.4 is 9.62 Å². The third kappa shape index (κ3) is 10.6. The Labute approximate surface area is 239 Å². The number of carbonyl (C=O) groups is 2. The van der Waals surface area contributed by atoms with Gasteiger partial charge in [0.05, 0.1) is 16.1 Å². The van der Waals surface area contributed by atoms with Crippen LogP contribution in [0.25, 0.3) is 0 Å². The molecule has 2 aromatic rings. The number of rotatable bonds is 10. The first-order valence-electron chi connectivity index (χ1n) is 13.6. The number of carboxylic acid groups (broad SMARTS) is 2. The van der Waals surface area contributed by atoms with Crippen LogP contribution in [0.5, 0.6) is 0 Å². The number of halogens is 3. The van der Waals surface area contributed by atoms with Crippen molar-refractivity contribution in [2.24, 2.45) is 11.8 Å².